The highest BCUT2D eigenvalue weighted by Crippen LogP contribution is 2.23. The van der Waals surface area contributed by atoms with Crippen molar-refractivity contribution in [3.63, 3.8) is 0 Å². The van der Waals surface area contributed by atoms with Crippen LogP contribution in [0.2, 0.25) is 4.34 Å². The van der Waals surface area contributed by atoms with Gasteiger partial charge in [0.05, 0.1) is 4.34 Å². The minimum Gasteiger partial charge on any atom is -0.314 e. The summed E-state index contributed by atoms with van der Waals surface area (Å²) in [6, 6.07) is 4.65. The second-order valence-corrected chi connectivity index (χ2v) is 6.13. The van der Waals surface area contributed by atoms with Gasteiger partial charge in [0, 0.05) is 17.3 Å². The van der Waals surface area contributed by atoms with E-state index in [2.05, 4.69) is 38.2 Å². The van der Waals surface area contributed by atoms with E-state index in [1.165, 1.54) is 10.5 Å². The maximum Gasteiger partial charge on any atom is 0.0931 e. The minimum absolute atomic E-state index is 0.574. The van der Waals surface area contributed by atoms with Crippen LogP contribution < -0.4 is 5.32 Å². The Hall–Kier alpha value is -0.310. The fourth-order valence-corrected chi connectivity index (χ4v) is 2.67. The highest BCUT2D eigenvalue weighted by atomic mass is 35.5. The van der Waals surface area contributed by atoms with Crippen molar-refractivity contribution in [3.8, 4) is 0 Å². The molecule has 0 aromatic carbocycles. The molecule has 1 aromatic heterocycles. The van der Waals surface area contributed by atoms with Crippen molar-refractivity contribution in [2.24, 2.45) is 0 Å². The molecule has 0 saturated carbocycles. The molecule has 0 aliphatic heterocycles. The van der Waals surface area contributed by atoms with Crippen LogP contribution in [0.1, 0.15) is 32.1 Å². The van der Waals surface area contributed by atoms with Crippen LogP contribution in [-0.4, -0.2) is 12.6 Å². The van der Waals surface area contributed by atoms with Crippen LogP contribution in [-0.2, 0) is 6.42 Å². The minimum atomic E-state index is 0.574. The van der Waals surface area contributed by atoms with Gasteiger partial charge in [0.1, 0.15) is 0 Å². The predicted molar refractivity (Wildman–Crippen MR) is 74.5 cm³/mol. The first-order valence-corrected chi connectivity index (χ1v) is 6.90. The summed E-state index contributed by atoms with van der Waals surface area (Å²) < 4.78 is 0.879. The number of halogens is 1. The molecule has 1 nitrogen and oxygen atoms in total. The van der Waals surface area contributed by atoms with E-state index in [9.17, 15) is 0 Å². The SMILES string of the molecule is CC(=CCCNC(C)C)Cc1ccc(Cl)s1. The molecule has 90 valence electrons. The van der Waals surface area contributed by atoms with Crippen LogP contribution in [0.3, 0.4) is 0 Å². The van der Waals surface area contributed by atoms with E-state index in [4.69, 9.17) is 11.6 Å². The first kappa shape index (κ1) is 13.8. The fraction of sp³-hybridized carbons (Fsp3) is 0.538. The summed E-state index contributed by atoms with van der Waals surface area (Å²) in [5, 5.41) is 3.41. The van der Waals surface area contributed by atoms with Gasteiger partial charge >= 0.3 is 0 Å². The van der Waals surface area contributed by atoms with Gasteiger partial charge in [-0.1, -0.05) is 37.1 Å². The lowest BCUT2D eigenvalue weighted by molar-refractivity contribution is 0.594. The molecule has 1 N–H and O–H groups in total. The van der Waals surface area contributed by atoms with Crippen LogP contribution in [0, 0.1) is 0 Å². The zero-order valence-electron chi connectivity index (χ0n) is 10.2. The Kier molecular flexibility index (Phi) is 6.10. The van der Waals surface area contributed by atoms with Crippen LogP contribution in [0.15, 0.2) is 23.8 Å². The standard InChI is InChI=1S/C13H20ClNS/c1-10(2)15-8-4-5-11(3)9-12-6-7-13(14)16-12/h5-7,10,15H,4,8-9H2,1-3H3. The molecule has 3 heteroatoms. The van der Waals surface area contributed by atoms with Crippen LogP contribution in [0.25, 0.3) is 0 Å². The van der Waals surface area contributed by atoms with E-state index in [0.29, 0.717) is 6.04 Å². The van der Waals surface area contributed by atoms with Gasteiger partial charge in [-0.25, -0.2) is 0 Å². The van der Waals surface area contributed by atoms with Crippen LogP contribution >= 0.6 is 22.9 Å². The first-order chi connectivity index (χ1) is 7.58. The largest absolute Gasteiger partial charge is 0.314 e. The zero-order chi connectivity index (χ0) is 12.0. The lowest BCUT2D eigenvalue weighted by Gasteiger charge is -2.06. The van der Waals surface area contributed by atoms with Crippen molar-refractivity contribution in [1.29, 1.82) is 0 Å². The van der Waals surface area contributed by atoms with Gasteiger partial charge in [0.2, 0.25) is 0 Å². The molecular weight excluding hydrogens is 238 g/mol. The zero-order valence-corrected chi connectivity index (χ0v) is 11.8. The third kappa shape index (κ3) is 5.69. The molecule has 0 radical (unpaired) electrons. The van der Waals surface area contributed by atoms with Gasteiger partial charge in [0.25, 0.3) is 0 Å². The molecular formula is C13H20ClNS. The van der Waals surface area contributed by atoms with Gasteiger partial charge in [-0.15, -0.1) is 11.3 Å². The van der Waals surface area contributed by atoms with Gasteiger partial charge in [-0.05, 0) is 32.0 Å². The summed E-state index contributed by atoms with van der Waals surface area (Å²) in [6.45, 7) is 7.58. The number of allylic oxidation sites excluding steroid dienone is 1. The Morgan fingerprint density at radius 2 is 2.25 bits per heavy atom. The summed E-state index contributed by atoms with van der Waals surface area (Å²) >= 11 is 7.56. The molecule has 16 heavy (non-hydrogen) atoms. The van der Waals surface area contributed by atoms with Crippen LogP contribution in [0.5, 0.6) is 0 Å². The topological polar surface area (TPSA) is 12.0 Å². The molecule has 0 saturated heterocycles. The average molecular weight is 258 g/mol. The van der Waals surface area contributed by atoms with E-state index < -0.39 is 0 Å². The van der Waals surface area contributed by atoms with Crippen LogP contribution in [0.4, 0.5) is 0 Å². The molecule has 1 aromatic rings. The Morgan fingerprint density at radius 3 is 2.81 bits per heavy atom. The molecule has 0 aliphatic carbocycles. The second-order valence-electron chi connectivity index (χ2n) is 4.33. The summed E-state index contributed by atoms with van der Waals surface area (Å²) in [5.74, 6) is 0. The molecule has 0 bridgehead atoms. The Labute approximate surface area is 108 Å². The summed E-state index contributed by atoms with van der Waals surface area (Å²) in [6.07, 6.45) is 4.44. The first-order valence-electron chi connectivity index (χ1n) is 5.71. The molecule has 0 fully saturated rings. The maximum absolute atomic E-state index is 5.89. The monoisotopic (exact) mass is 257 g/mol. The second kappa shape index (κ2) is 7.10. The lowest BCUT2D eigenvalue weighted by Crippen LogP contribution is -2.23. The van der Waals surface area contributed by atoms with Crippen molar-refractivity contribution in [3.05, 3.63) is 33.0 Å². The highest BCUT2D eigenvalue weighted by Gasteiger charge is 1.98. The van der Waals surface area contributed by atoms with Crippen molar-refractivity contribution in [2.45, 2.75) is 39.7 Å². The number of thiophene rings is 1. The number of rotatable bonds is 6. The Bertz CT molecular complexity index is 341. The number of hydrogen-bond acceptors (Lipinski definition) is 2. The number of nitrogens with one attached hydrogen (secondary N) is 1. The van der Waals surface area contributed by atoms with Crippen molar-refractivity contribution in [1.82, 2.24) is 5.32 Å². The average Bonchev–Trinajstić information content (AvgIpc) is 2.58. The van der Waals surface area contributed by atoms with E-state index in [-0.39, 0.29) is 0 Å². The fourth-order valence-electron chi connectivity index (χ4n) is 1.48. The van der Waals surface area contributed by atoms with Crippen molar-refractivity contribution in [2.75, 3.05) is 6.54 Å². The highest BCUT2D eigenvalue weighted by molar-refractivity contribution is 7.16. The molecule has 0 spiro atoms. The molecule has 0 atom stereocenters. The summed E-state index contributed by atoms with van der Waals surface area (Å²) in [7, 11) is 0. The van der Waals surface area contributed by atoms with Gasteiger partial charge in [-0.3, -0.25) is 0 Å². The van der Waals surface area contributed by atoms with E-state index >= 15 is 0 Å². The normalized spacial score (nSPS) is 12.4. The number of hydrogen-bond donors (Lipinski definition) is 1. The van der Waals surface area contributed by atoms with Gasteiger partial charge < -0.3 is 5.32 Å². The summed E-state index contributed by atoms with van der Waals surface area (Å²) in [5.41, 5.74) is 1.42. The predicted octanol–water partition coefficient (Wildman–Crippen LogP) is 4.28. The smallest absolute Gasteiger partial charge is 0.0931 e. The van der Waals surface area contributed by atoms with Gasteiger partial charge in [-0.2, -0.15) is 0 Å². The molecule has 1 rings (SSSR count). The van der Waals surface area contributed by atoms with Crippen molar-refractivity contribution >= 4 is 22.9 Å². The van der Waals surface area contributed by atoms with E-state index in [0.717, 1.165) is 23.7 Å². The third-order valence-corrected chi connectivity index (χ3v) is 3.50. The lowest BCUT2D eigenvalue weighted by atomic mass is 10.1. The molecule has 0 unspecified atom stereocenters. The van der Waals surface area contributed by atoms with E-state index in [1.54, 1.807) is 11.3 Å². The summed E-state index contributed by atoms with van der Waals surface area (Å²) in [4.78, 5) is 1.34. The van der Waals surface area contributed by atoms with Crippen molar-refractivity contribution < 1.29 is 0 Å². The van der Waals surface area contributed by atoms with E-state index in [1.807, 2.05) is 6.07 Å². The third-order valence-electron chi connectivity index (χ3n) is 2.27. The van der Waals surface area contributed by atoms with Gasteiger partial charge in [0.15, 0.2) is 0 Å². The Balaban J connectivity index is 2.29. The molecule has 0 amide bonds. The Morgan fingerprint density at radius 1 is 1.50 bits per heavy atom. The molecule has 0 aliphatic rings. The maximum atomic E-state index is 5.89. The quantitative estimate of drug-likeness (QED) is 0.593. The molecule has 1 heterocycles.